The lowest BCUT2D eigenvalue weighted by Gasteiger charge is -2.22. The van der Waals surface area contributed by atoms with E-state index in [9.17, 15) is 14.4 Å². The Morgan fingerprint density at radius 2 is 1.61 bits per heavy atom. The number of carbonyl (C=O) groups is 3. The summed E-state index contributed by atoms with van der Waals surface area (Å²) in [5.41, 5.74) is 3.18. The molecule has 1 aliphatic rings. The topological polar surface area (TPSA) is 69.7 Å². The molecule has 1 aromatic rings. The maximum atomic E-state index is 12.6. The molecule has 154 valence electrons. The first-order valence-electron chi connectivity index (χ1n) is 9.78. The SMILES string of the molecule is Cc1cc2c(c(C)c1CCOC(=O)C(C)(C)C)C(=O)CC2OC(=O)C(C)(C)C. The molecule has 0 bridgehead atoms. The van der Waals surface area contributed by atoms with Crippen LogP contribution in [0.5, 0.6) is 0 Å². The van der Waals surface area contributed by atoms with Gasteiger partial charge in [0.05, 0.1) is 23.9 Å². The van der Waals surface area contributed by atoms with Gasteiger partial charge in [-0.3, -0.25) is 14.4 Å². The van der Waals surface area contributed by atoms with Crippen LogP contribution < -0.4 is 0 Å². The highest BCUT2D eigenvalue weighted by molar-refractivity contribution is 6.03. The van der Waals surface area contributed by atoms with Crippen molar-refractivity contribution >= 4 is 17.7 Å². The van der Waals surface area contributed by atoms with Gasteiger partial charge in [-0.15, -0.1) is 0 Å². The molecule has 0 N–H and O–H groups in total. The third kappa shape index (κ3) is 4.62. The van der Waals surface area contributed by atoms with Crippen molar-refractivity contribution in [3.05, 3.63) is 33.9 Å². The summed E-state index contributed by atoms with van der Waals surface area (Å²) < 4.78 is 11.0. The van der Waals surface area contributed by atoms with E-state index in [1.807, 2.05) is 40.7 Å². The minimum atomic E-state index is -0.618. The van der Waals surface area contributed by atoms with E-state index in [0.717, 1.165) is 22.3 Å². The minimum absolute atomic E-state index is 0.00727. The Hall–Kier alpha value is -2.17. The molecule has 1 aliphatic carbocycles. The molecule has 1 aromatic carbocycles. The monoisotopic (exact) mass is 388 g/mol. The Balaban J connectivity index is 2.23. The van der Waals surface area contributed by atoms with Crippen LogP contribution in [0.1, 0.15) is 86.7 Å². The van der Waals surface area contributed by atoms with E-state index in [1.54, 1.807) is 20.8 Å². The molecule has 0 heterocycles. The van der Waals surface area contributed by atoms with Crippen LogP contribution in [0.3, 0.4) is 0 Å². The molecule has 0 spiro atoms. The highest BCUT2D eigenvalue weighted by atomic mass is 16.5. The fourth-order valence-corrected chi connectivity index (χ4v) is 3.32. The van der Waals surface area contributed by atoms with Crippen molar-refractivity contribution in [3.8, 4) is 0 Å². The summed E-state index contributed by atoms with van der Waals surface area (Å²) >= 11 is 0. The number of hydrogen-bond donors (Lipinski definition) is 0. The first-order valence-corrected chi connectivity index (χ1v) is 9.78. The van der Waals surface area contributed by atoms with E-state index < -0.39 is 16.9 Å². The van der Waals surface area contributed by atoms with Gasteiger partial charge < -0.3 is 9.47 Å². The Morgan fingerprint density at radius 3 is 2.14 bits per heavy atom. The summed E-state index contributed by atoms with van der Waals surface area (Å²) in [6, 6.07) is 1.94. The van der Waals surface area contributed by atoms with Crippen molar-refractivity contribution in [2.45, 2.75) is 74.3 Å². The quantitative estimate of drug-likeness (QED) is 0.702. The first kappa shape index (κ1) is 22.1. The normalized spacial score (nSPS) is 16.7. The fourth-order valence-electron chi connectivity index (χ4n) is 3.32. The van der Waals surface area contributed by atoms with Crippen molar-refractivity contribution in [1.82, 2.24) is 0 Å². The van der Waals surface area contributed by atoms with Crippen molar-refractivity contribution in [2.75, 3.05) is 6.61 Å². The second-order valence-electron chi connectivity index (χ2n) is 9.67. The Morgan fingerprint density at radius 1 is 1.04 bits per heavy atom. The van der Waals surface area contributed by atoms with Crippen LogP contribution in [-0.4, -0.2) is 24.3 Å². The van der Waals surface area contributed by atoms with Crippen LogP contribution in [0.2, 0.25) is 0 Å². The second-order valence-corrected chi connectivity index (χ2v) is 9.67. The number of rotatable bonds is 4. The largest absolute Gasteiger partial charge is 0.465 e. The number of esters is 2. The van der Waals surface area contributed by atoms with Gasteiger partial charge in [0.25, 0.3) is 0 Å². The van der Waals surface area contributed by atoms with Crippen molar-refractivity contribution in [1.29, 1.82) is 0 Å². The third-order valence-corrected chi connectivity index (χ3v) is 5.02. The average molecular weight is 389 g/mol. The van der Waals surface area contributed by atoms with Gasteiger partial charge in [-0.25, -0.2) is 0 Å². The molecular weight excluding hydrogens is 356 g/mol. The highest BCUT2D eigenvalue weighted by Crippen LogP contribution is 2.39. The summed E-state index contributed by atoms with van der Waals surface area (Å²) in [5.74, 6) is -0.562. The summed E-state index contributed by atoms with van der Waals surface area (Å²) in [6.07, 6.45) is 0.200. The number of carbonyl (C=O) groups excluding carboxylic acids is 3. The molecule has 5 heteroatoms. The third-order valence-electron chi connectivity index (χ3n) is 5.02. The van der Waals surface area contributed by atoms with Gasteiger partial charge in [0.2, 0.25) is 0 Å². The Kier molecular flexibility index (Phi) is 6.07. The van der Waals surface area contributed by atoms with E-state index in [2.05, 4.69) is 0 Å². The number of fused-ring (bicyclic) bond motifs is 1. The van der Waals surface area contributed by atoms with Gasteiger partial charge in [-0.05, 0) is 72.1 Å². The van der Waals surface area contributed by atoms with Gasteiger partial charge in [-0.2, -0.15) is 0 Å². The van der Waals surface area contributed by atoms with Crippen LogP contribution in [0.25, 0.3) is 0 Å². The van der Waals surface area contributed by atoms with Crippen LogP contribution in [0.4, 0.5) is 0 Å². The number of aryl methyl sites for hydroxylation is 1. The number of hydrogen-bond acceptors (Lipinski definition) is 5. The van der Waals surface area contributed by atoms with E-state index >= 15 is 0 Å². The Labute approximate surface area is 167 Å². The number of ketones is 1. The van der Waals surface area contributed by atoms with Crippen molar-refractivity contribution < 1.29 is 23.9 Å². The van der Waals surface area contributed by atoms with E-state index in [1.165, 1.54) is 0 Å². The minimum Gasteiger partial charge on any atom is -0.465 e. The van der Waals surface area contributed by atoms with Gasteiger partial charge in [0.1, 0.15) is 6.10 Å². The maximum absolute atomic E-state index is 12.6. The van der Waals surface area contributed by atoms with E-state index in [4.69, 9.17) is 9.47 Å². The van der Waals surface area contributed by atoms with Gasteiger partial charge >= 0.3 is 11.9 Å². The summed E-state index contributed by atoms with van der Waals surface area (Å²) in [6.45, 7) is 15.0. The molecule has 0 saturated carbocycles. The van der Waals surface area contributed by atoms with Gasteiger partial charge in [0, 0.05) is 17.5 Å². The zero-order valence-corrected chi connectivity index (χ0v) is 18.3. The second kappa shape index (κ2) is 7.69. The summed E-state index contributed by atoms with van der Waals surface area (Å²) in [5, 5.41) is 0. The molecule has 5 nitrogen and oxygen atoms in total. The molecule has 0 aliphatic heterocycles. The standard InChI is InChI=1S/C23H32O5/c1-13-11-16-18(28-21(26)23(6,7)8)12-17(24)19(16)14(2)15(13)9-10-27-20(25)22(3,4)5/h11,18H,9-10,12H2,1-8H3. The molecule has 2 rings (SSSR count). The Bertz CT molecular complexity index is 806. The van der Waals surface area contributed by atoms with Crippen molar-refractivity contribution in [3.63, 3.8) is 0 Å². The highest BCUT2D eigenvalue weighted by Gasteiger charge is 2.37. The fraction of sp³-hybridized carbons (Fsp3) is 0.609. The number of benzene rings is 1. The predicted octanol–water partition coefficient (Wildman–Crippen LogP) is 4.65. The molecule has 28 heavy (non-hydrogen) atoms. The van der Waals surface area contributed by atoms with Gasteiger partial charge in [-0.1, -0.05) is 6.07 Å². The smallest absolute Gasteiger partial charge is 0.311 e. The van der Waals surface area contributed by atoms with E-state index in [-0.39, 0.29) is 30.7 Å². The van der Waals surface area contributed by atoms with Crippen molar-refractivity contribution in [2.24, 2.45) is 10.8 Å². The lowest BCUT2D eigenvalue weighted by molar-refractivity contribution is -0.158. The molecule has 1 unspecified atom stereocenters. The average Bonchev–Trinajstić information content (AvgIpc) is 2.84. The van der Waals surface area contributed by atoms with Crippen LogP contribution in [0, 0.1) is 24.7 Å². The number of Topliss-reactive ketones (excluding diaryl/α,β-unsaturated/α-hetero) is 1. The lowest BCUT2D eigenvalue weighted by atomic mass is 9.92. The number of ether oxygens (including phenoxy) is 2. The molecular formula is C23H32O5. The zero-order chi connectivity index (χ0) is 21.4. The summed E-state index contributed by atoms with van der Waals surface area (Å²) in [4.78, 5) is 36.9. The van der Waals surface area contributed by atoms with Gasteiger partial charge in [0.15, 0.2) is 5.78 Å². The van der Waals surface area contributed by atoms with Crippen LogP contribution in [-0.2, 0) is 25.5 Å². The maximum Gasteiger partial charge on any atom is 0.311 e. The molecule has 0 radical (unpaired) electrons. The lowest BCUT2D eigenvalue weighted by Crippen LogP contribution is -2.24. The molecule has 0 aromatic heterocycles. The predicted molar refractivity (Wildman–Crippen MR) is 107 cm³/mol. The molecule has 0 saturated heterocycles. The first-order chi connectivity index (χ1) is 12.7. The van der Waals surface area contributed by atoms with E-state index in [0.29, 0.717) is 12.0 Å². The summed E-state index contributed by atoms with van der Waals surface area (Å²) in [7, 11) is 0. The molecule has 0 amide bonds. The van der Waals surface area contributed by atoms with Crippen LogP contribution >= 0.6 is 0 Å². The molecule has 1 atom stereocenters. The molecule has 0 fully saturated rings. The zero-order valence-electron chi connectivity index (χ0n) is 18.3. The van der Waals surface area contributed by atoms with Crippen LogP contribution in [0.15, 0.2) is 6.07 Å².